The first-order valence-corrected chi connectivity index (χ1v) is 12.1. The van der Waals surface area contributed by atoms with E-state index in [-0.39, 0.29) is 17.2 Å². The summed E-state index contributed by atoms with van der Waals surface area (Å²) in [5.74, 6) is 0.0965. The molecule has 0 bridgehead atoms. The number of hydrogen-bond acceptors (Lipinski definition) is 5. The van der Waals surface area contributed by atoms with Crippen LogP contribution in [-0.4, -0.2) is 47.3 Å². The van der Waals surface area contributed by atoms with Crippen molar-refractivity contribution in [3.8, 4) is 5.69 Å². The van der Waals surface area contributed by atoms with Crippen LogP contribution in [0, 0.1) is 0 Å². The first kappa shape index (κ1) is 23.9. The van der Waals surface area contributed by atoms with Gasteiger partial charge in [-0.2, -0.15) is 0 Å². The van der Waals surface area contributed by atoms with Gasteiger partial charge >= 0.3 is 0 Å². The normalized spacial score (nSPS) is 10.9. The Bertz CT molecular complexity index is 1390. The molecule has 4 rings (SSSR count). The van der Waals surface area contributed by atoms with E-state index in [1.54, 1.807) is 48.3 Å². The van der Waals surface area contributed by atoms with Crippen LogP contribution in [0.25, 0.3) is 16.6 Å². The number of nitrogens with zero attached hydrogens (tertiary/aromatic N) is 4. The summed E-state index contributed by atoms with van der Waals surface area (Å²) in [7, 11) is 5.76. The molecule has 0 aliphatic heterocycles. The number of carbonyl (C=O) groups excluding carboxylic acids is 1. The zero-order valence-electron chi connectivity index (χ0n) is 19.2. The molecule has 0 fully saturated rings. The molecule has 1 aromatic heterocycles. The highest BCUT2D eigenvalue weighted by atomic mass is 35.5. The summed E-state index contributed by atoms with van der Waals surface area (Å²) in [5, 5.41) is 1.48. The van der Waals surface area contributed by atoms with E-state index >= 15 is 0 Å². The smallest absolute Gasteiger partial charge is 0.266 e. The van der Waals surface area contributed by atoms with Crippen molar-refractivity contribution in [3.05, 3.63) is 93.7 Å². The SMILES string of the molecule is CN(Cc1ccc(N(C)C)cc1)C(=O)CSc1nc2ccccc2c(=O)n1-c1cccc(Cl)c1. The molecule has 1 heterocycles. The zero-order chi connectivity index (χ0) is 24.2. The fraction of sp³-hybridized carbons (Fsp3) is 0.192. The first-order valence-electron chi connectivity index (χ1n) is 10.7. The average Bonchev–Trinajstić information content (AvgIpc) is 2.83. The molecule has 8 heteroatoms. The second-order valence-electron chi connectivity index (χ2n) is 8.13. The number of benzene rings is 3. The minimum Gasteiger partial charge on any atom is -0.378 e. The summed E-state index contributed by atoms with van der Waals surface area (Å²) < 4.78 is 1.52. The van der Waals surface area contributed by atoms with Gasteiger partial charge in [0, 0.05) is 38.4 Å². The van der Waals surface area contributed by atoms with Crippen molar-refractivity contribution >= 4 is 45.9 Å². The predicted octanol–water partition coefficient (Wildman–Crippen LogP) is 4.86. The maximum atomic E-state index is 13.3. The standard InChI is InChI=1S/C26H25ClN4O2S/c1-29(2)20-13-11-18(12-14-20)16-30(3)24(32)17-34-26-28-23-10-5-4-9-22(23)25(33)31(26)21-8-6-7-19(27)15-21/h4-15H,16-17H2,1-3H3. The lowest BCUT2D eigenvalue weighted by Gasteiger charge is -2.19. The molecular weight excluding hydrogens is 468 g/mol. The Labute approximate surface area is 207 Å². The maximum absolute atomic E-state index is 13.3. The highest BCUT2D eigenvalue weighted by Gasteiger charge is 2.17. The van der Waals surface area contributed by atoms with Crippen LogP contribution in [0.2, 0.25) is 5.02 Å². The van der Waals surface area contributed by atoms with Gasteiger partial charge in [0.2, 0.25) is 5.91 Å². The van der Waals surface area contributed by atoms with Gasteiger partial charge in [0.05, 0.1) is 22.3 Å². The van der Waals surface area contributed by atoms with E-state index in [2.05, 4.69) is 0 Å². The minimum atomic E-state index is -0.197. The summed E-state index contributed by atoms with van der Waals surface area (Å²) >= 11 is 7.43. The number of hydrogen-bond donors (Lipinski definition) is 0. The van der Waals surface area contributed by atoms with Crippen molar-refractivity contribution < 1.29 is 4.79 Å². The molecule has 0 aliphatic carbocycles. The molecule has 0 saturated carbocycles. The molecule has 4 aromatic rings. The monoisotopic (exact) mass is 492 g/mol. The second-order valence-corrected chi connectivity index (χ2v) is 9.51. The number of para-hydroxylation sites is 1. The van der Waals surface area contributed by atoms with Gasteiger partial charge in [-0.05, 0) is 48.0 Å². The molecule has 0 atom stereocenters. The van der Waals surface area contributed by atoms with Crippen molar-refractivity contribution in [3.63, 3.8) is 0 Å². The van der Waals surface area contributed by atoms with E-state index in [0.717, 1.165) is 11.3 Å². The highest BCUT2D eigenvalue weighted by molar-refractivity contribution is 7.99. The van der Waals surface area contributed by atoms with Crippen LogP contribution in [0.4, 0.5) is 5.69 Å². The van der Waals surface area contributed by atoms with Gasteiger partial charge < -0.3 is 9.80 Å². The van der Waals surface area contributed by atoms with Crippen molar-refractivity contribution in [1.82, 2.24) is 14.5 Å². The Balaban J connectivity index is 1.57. The van der Waals surface area contributed by atoms with E-state index < -0.39 is 0 Å². The van der Waals surface area contributed by atoms with Crippen LogP contribution in [0.5, 0.6) is 0 Å². The Morgan fingerprint density at radius 3 is 2.44 bits per heavy atom. The van der Waals surface area contributed by atoms with Crippen LogP contribution in [0.15, 0.2) is 82.7 Å². The number of carbonyl (C=O) groups is 1. The van der Waals surface area contributed by atoms with E-state index in [4.69, 9.17) is 16.6 Å². The zero-order valence-corrected chi connectivity index (χ0v) is 20.8. The number of thioether (sulfide) groups is 1. The fourth-order valence-corrected chi connectivity index (χ4v) is 4.69. The molecule has 0 saturated heterocycles. The van der Waals surface area contributed by atoms with Gasteiger partial charge in [-0.1, -0.05) is 53.7 Å². The lowest BCUT2D eigenvalue weighted by atomic mass is 10.2. The van der Waals surface area contributed by atoms with E-state index in [9.17, 15) is 9.59 Å². The third-order valence-electron chi connectivity index (χ3n) is 5.43. The molecule has 6 nitrogen and oxygen atoms in total. The molecule has 0 radical (unpaired) electrons. The largest absolute Gasteiger partial charge is 0.378 e. The molecule has 34 heavy (non-hydrogen) atoms. The molecule has 174 valence electrons. The average molecular weight is 493 g/mol. The number of amides is 1. The molecule has 0 N–H and O–H groups in total. The van der Waals surface area contributed by atoms with Crippen molar-refractivity contribution in [2.75, 3.05) is 31.8 Å². The van der Waals surface area contributed by atoms with Gasteiger partial charge in [-0.15, -0.1) is 0 Å². The number of halogens is 1. The number of fused-ring (bicyclic) bond motifs is 1. The van der Waals surface area contributed by atoms with E-state index in [1.165, 1.54) is 16.3 Å². The van der Waals surface area contributed by atoms with Crippen molar-refractivity contribution in [2.45, 2.75) is 11.7 Å². The van der Waals surface area contributed by atoms with Crippen LogP contribution in [0.3, 0.4) is 0 Å². The van der Waals surface area contributed by atoms with Crippen molar-refractivity contribution in [1.29, 1.82) is 0 Å². The van der Waals surface area contributed by atoms with Gasteiger partial charge in [0.15, 0.2) is 5.16 Å². The molecule has 1 amide bonds. The first-order chi connectivity index (χ1) is 16.3. The third kappa shape index (κ3) is 5.26. The van der Waals surface area contributed by atoms with E-state index in [0.29, 0.717) is 33.3 Å². The van der Waals surface area contributed by atoms with Crippen LogP contribution < -0.4 is 10.5 Å². The van der Waals surface area contributed by atoms with Crippen LogP contribution in [0.1, 0.15) is 5.56 Å². The lowest BCUT2D eigenvalue weighted by molar-refractivity contribution is -0.127. The molecule has 0 unspecified atom stereocenters. The van der Waals surface area contributed by atoms with Crippen LogP contribution in [-0.2, 0) is 11.3 Å². The Kier molecular flexibility index (Phi) is 7.24. The third-order valence-corrected chi connectivity index (χ3v) is 6.59. The quantitative estimate of drug-likeness (QED) is 0.272. The van der Waals surface area contributed by atoms with E-state index in [1.807, 2.05) is 55.4 Å². The number of anilines is 1. The molecular formula is C26H25ClN4O2S. The Hall–Kier alpha value is -3.29. The lowest BCUT2D eigenvalue weighted by Crippen LogP contribution is -2.28. The van der Waals surface area contributed by atoms with Gasteiger partial charge in [0.1, 0.15) is 0 Å². The second kappa shape index (κ2) is 10.3. The molecule has 3 aromatic carbocycles. The topological polar surface area (TPSA) is 58.4 Å². The molecule has 0 spiro atoms. The van der Waals surface area contributed by atoms with Gasteiger partial charge in [-0.25, -0.2) is 4.98 Å². The van der Waals surface area contributed by atoms with Gasteiger partial charge in [-0.3, -0.25) is 14.2 Å². The minimum absolute atomic E-state index is 0.0539. The fourth-order valence-electron chi connectivity index (χ4n) is 3.55. The van der Waals surface area contributed by atoms with Crippen LogP contribution >= 0.6 is 23.4 Å². The predicted molar refractivity (Wildman–Crippen MR) is 140 cm³/mol. The summed E-state index contributed by atoms with van der Waals surface area (Å²) in [6, 6.07) is 22.4. The molecule has 0 aliphatic rings. The van der Waals surface area contributed by atoms with Crippen molar-refractivity contribution in [2.24, 2.45) is 0 Å². The van der Waals surface area contributed by atoms with Gasteiger partial charge in [0.25, 0.3) is 5.56 Å². The Morgan fingerprint density at radius 1 is 1.00 bits per heavy atom. The summed E-state index contributed by atoms with van der Waals surface area (Å²) in [6.07, 6.45) is 0. The highest BCUT2D eigenvalue weighted by Crippen LogP contribution is 2.23. The summed E-state index contributed by atoms with van der Waals surface area (Å²) in [6.45, 7) is 0.499. The number of rotatable bonds is 7. The maximum Gasteiger partial charge on any atom is 0.266 e. The summed E-state index contributed by atoms with van der Waals surface area (Å²) in [5.41, 5.74) is 3.16. The number of aromatic nitrogens is 2. The Morgan fingerprint density at radius 2 is 1.74 bits per heavy atom. The summed E-state index contributed by atoms with van der Waals surface area (Å²) in [4.78, 5) is 34.6.